The maximum absolute atomic E-state index is 12.6. The lowest BCUT2D eigenvalue weighted by molar-refractivity contribution is 0.166. The Morgan fingerprint density at radius 1 is 1.15 bits per heavy atom. The summed E-state index contributed by atoms with van der Waals surface area (Å²) in [5.41, 5.74) is 1.28. The average molecular weight is 393 g/mol. The van der Waals surface area contributed by atoms with Crippen molar-refractivity contribution in [1.29, 1.82) is 0 Å². The fraction of sp³-hybridized carbons (Fsp3) is 0.389. The van der Waals surface area contributed by atoms with Crippen LogP contribution in [-0.4, -0.2) is 43.6 Å². The average Bonchev–Trinajstić information content (AvgIpc) is 2.62. The molecule has 26 heavy (non-hydrogen) atoms. The molecule has 0 atom stereocenters. The van der Waals surface area contributed by atoms with Gasteiger partial charge in [0.15, 0.2) is 0 Å². The Morgan fingerprint density at radius 2 is 1.88 bits per heavy atom. The fourth-order valence-electron chi connectivity index (χ4n) is 3.62. The van der Waals surface area contributed by atoms with Crippen LogP contribution in [-0.2, 0) is 16.4 Å². The number of nitrogens with zero attached hydrogens (tertiary/aromatic N) is 2. The van der Waals surface area contributed by atoms with Gasteiger partial charge < -0.3 is 10.2 Å². The van der Waals surface area contributed by atoms with Crippen molar-refractivity contribution < 1.29 is 8.42 Å². The van der Waals surface area contributed by atoms with Crippen molar-refractivity contribution >= 4 is 27.3 Å². The van der Waals surface area contributed by atoms with Crippen molar-refractivity contribution in [2.75, 3.05) is 25.0 Å². The van der Waals surface area contributed by atoms with Crippen molar-refractivity contribution in [2.24, 2.45) is 0 Å². The van der Waals surface area contributed by atoms with Crippen LogP contribution in [0.4, 0.5) is 5.69 Å². The zero-order chi connectivity index (χ0) is 18.2. The Morgan fingerprint density at radius 3 is 2.62 bits per heavy atom. The molecule has 1 spiro atoms. The number of piperidine rings is 1. The lowest BCUT2D eigenvalue weighted by Gasteiger charge is -2.45. The van der Waals surface area contributed by atoms with E-state index in [9.17, 15) is 8.42 Å². The van der Waals surface area contributed by atoms with E-state index in [4.69, 9.17) is 11.6 Å². The summed E-state index contributed by atoms with van der Waals surface area (Å²) in [5, 5.41) is 4.15. The number of anilines is 1. The number of likely N-dealkylation sites (tertiary alicyclic amines) is 1. The van der Waals surface area contributed by atoms with E-state index in [-0.39, 0.29) is 4.90 Å². The second kappa shape index (κ2) is 6.81. The number of rotatable bonds is 3. The molecule has 138 valence electrons. The molecule has 0 aliphatic carbocycles. The summed E-state index contributed by atoms with van der Waals surface area (Å²) in [7, 11) is -3.53. The van der Waals surface area contributed by atoms with Gasteiger partial charge in [-0.25, -0.2) is 8.42 Å². The monoisotopic (exact) mass is 392 g/mol. The Balaban J connectivity index is 1.40. The third-order valence-corrected chi connectivity index (χ3v) is 6.93. The molecule has 1 fully saturated rings. The van der Waals surface area contributed by atoms with Gasteiger partial charge >= 0.3 is 0 Å². The van der Waals surface area contributed by atoms with Crippen molar-refractivity contribution in [3.63, 3.8) is 0 Å². The first kappa shape index (κ1) is 17.7. The number of sulfonamides is 1. The topological polar surface area (TPSA) is 74.3 Å². The van der Waals surface area contributed by atoms with Crippen LogP contribution in [0.2, 0.25) is 5.02 Å². The van der Waals surface area contributed by atoms with E-state index < -0.39 is 15.7 Å². The van der Waals surface area contributed by atoms with Crippen LogP contribution >= 0.6 is 11.6 Å². The maximum Gasteiger partial charge on any atom is 0.246 e. The molecule has 0 amide bonds. The second-order valence-corrected chi connectivity index (χ2v) is 8.99. The van der Waals surface area contributed by atoms with Gasteiger partial charge in [-0.3, -0.25) is 4.98 Å². The number of nitrogens with one attached hydrogen (secondary N) is 2. The van der Waals surface area contributed by atoms with Crippen LogP contribution in [0.5, 0.6) is 0 Å². The third kappa shape index (κ3) is 3.57. The van der Waals surface area contributed by atoms with Crippen molar-refractivity contribution in [1.82, 2.24) is 14.6 Å². The minimum absolute atomic E-state index is 0.218. The Labute approximate surface area is 158 Å². The highest BCUT2D eigenvalue weighted by atomic mass is 35.5. The highest BCUT2D eigenvalue weighted by Crippen LogP contribution is 2.34. The molecule has 2 N–H and O–H groups in total. The van der Waals surface area contributed by atoms with Gasteiger partial charge in [-0.1, -0.05) is 23.7 Å². The van der Waals surface area contributed by atoms with Gasteiger partial charge in [0, 0.05) is 37.1 Å². The van der Waals surface area contributed by atoms with Crippen LogP contribution in [0.25, 0.3) is 0 Å². The van der Waals surface area contributed by atoms with Crippen LogP contribution < -0.4 is 10.0 Å². The maximum atomic E-state index is 12.6. The molecule has 8 heteroatoms. The molecule has 4 rings (SSSR count). The largest absolute Gasteiger partial charge is 0.365 e. The molecular weight excluding hydrogens is 372 g/mol. The molecule has 1 aromatic carbocycles. The number of fused-ring (bicyclic) bond motifs is 1. The van der Waals surface area contributed by atoms with Gasteiger partial charge in [0.05, 0.1) is 5.69 Å². The van der Waals surface area contributed by atoms with E-state index in [1.54, 1.807) is 12.3 Å². The van der Waals surface area contributed by atoms with Crippen molar-refractivity contribution in [2.45, 2.75) is 29.8 Å². The standard InChI is InChI=1S/C18H21ClN4O2S/c19-15-3-1-14(2-4-15)6-10-23-11-7-18(8-12-23)21-16-5-9-20-13-17(16)26(24,25)22-18/h1-5,9,13,21-22H,6-8,10-12H2. The Hall–Kier alpha value is -1.67. The number of aromatic nitrogens is 1. The van der Waals surface area contributed by atoms with E-state index in [1.807, 2.05) is 12.1 Å². The molecule has 0 bridgehead atoms. The van der Waals surface area contributed by atoms with Gasteiger partial charge in [0.25, 0.3) is 0 Å². The molecule has 0 unspecified atom stereocenters. The van der Waals surface area contributed by atoms with Crippen LogP contribution in [0.15, 0.2) is 47.6 Å². The first-order chi connectivity index (χ1) is 12.5. The normalized spacial score (nSPS) is 21.1. The van der Waals surface area contributed by atoms with Gasteiger partial charge in [-0.15, -0.1) is 0 Å². The van der Waals surface area contributed by atoms with Gasteiger partial charge in [-0.2, -0.15) is 4.72 Å². The highest BCUT2D eigenvalue weighted by Gasteiger charge is 2.43. The first-order valence-corrected chi connectivity index (χ1v) is 10.5. The van der Waals surface area contributed by atoms with Gasteiger partial charge in [0.1, 0.15) is 10.6 Å². The first-order valence-electron chi connectivity index (χ1n) is 8.69. The van der Waals surface area contributed by atoms with Crippen LogP contribution in [0.1, 0.15) is 18.4 Å². The van der Waals surface area contributed by atoms with Crippen molar-refractivity contribution in [3.05, 3.63) is 53.3 Å². The predicted molar refractivity (Wildman–Crippen MR) is 102 cm³/mol. The number of halogens is 1. The number of benzene rings is 1. The van der Waals surface area contributed by atoms with E-state index in [1.165, 1.54) is 11.8 Å². The molecule has 3 heterocycles. The summed E-state index contributed by atoms with van der Waals surface area (Å²) in [5.74, 6) is 0. The second-order valence-electron chi connectivity index (χ2n) is 6.90. The minimum atomic E-state index is -3.53. The molecule has 0 saturated carbocycles. The summed E-state index contributed by atoms with van der Waals surface area (Å²) in [4.78, 5) is 6.51. The molecule has 6 nitrogen and oxygen atoms in total. The summed E-state index contributed by atoms with van der Waals surface area (Å²) < 4.78 is 27.9. The lowest BCUT2D eigenvalue weighted by Crippen LogP contribution is -2.62. The van der Waals surface area contributed by atoms with Gasteiger partial charge in [-0.05, 0) is 43.0 Å². The van der Waals surface area contributed by atoms with Gasteiger partial charge in [0.2, 0.25) is 10.0 Å². The van der Waals surface area contributed by atoms with E-state index in [0.717, 1.165) is 31.1 Å². The molecule has 1 aromatic heterocycles. The molecule has 2 aromatic rings. The zero-order valence-corrected chi connectivity index (χ0v) is 15.9. The number of hydrogen-bond acceptors (Lipinski definition) is 5. The summed E-state index contributed by atoms with van der Waals surface area (Å²) in [6.07, 6.45) is 5.39. The van der Waals surface area contributed by atoms with E-state index in [2.05, 4.69) is 32.1 Å². The summed E-state index contributed by atoms with van der Waals surface area (Å²) in [6, 6.07) is 9.65. The molecule has 2 aliphatic rings. The van der Waals surface area contributed by atoms with Crippen LogP contribution in [0, 0.1) is 0 Å². The quantitative estimate of drug-likeness (QED) is 0.839. The predicted octanol–water partition coefficient (Wildman–Crippen LogP) is 2.47. The van der Waals surface area contributed by atoms with Crippen molar-refractivity contribution in [3.8, 4) is 0 Å². The smallest absolute Gasteiger partial charge is 0.246 e. The summed E-state index contributed by atoms with van der Waals surface area (Å²) in [6.45, 7) is 2.62. The SMILES string of the molecule is O=S1(=O)NC2(CCN(CCc3ccc(Cl)cc3)CC2)Nc2ccncc21. The van der Waals surface area contributed by atoms with E-state index >= 15 is 0 Å². The Kier molecular flexibility index (Phi) is 4.64. The molecular formula is C18H21ClN4O2S. The zero-order valence-electron chi connectivity index (χ0n) is 14.3. The Bertz CT molecular complexity index is 894. The summed E-state index contributed by atoms with van der Waals surface area (Å²) >= 11 is 5.92. The molecule has 1 saturated heterocycles. The third-order valence-electron chi connectivity index (χ3n) is 5.12. The number of pyridine rings is 1. The van der Waals surface area contributed by atoms with Crippen LogP contribution in [0.3, 0.4) is 0 Å². The minimum Gasteiger partial charge on any atom is -0.365 e. The number of hydrogen-bond donors (Lipinski definition) is 2. The molecule has 0 radical (unpaired) electrons. The fourth-order valence-corrected chi connectivity index (χ4v) is 5.23. The van der Waals surface area contributed by atoms with E-state index in [0.29, 0.717) is 18.5 Å². The highest BCUT2D eigenvalue weighted by molar-refractivity contribution is 7.89. The molecule has 2 aliphatic heterocycles. The lowest BCUT2D eigenvalue weighted by atomic mass is 9.96.